The van der Waals surface area contributed by atoms with Crippen LogP contribution in [0.25, 0.3) is 10.9 Å². The maximum absolute atomic E-state index is 12.5. The average Bonchev–Trinajstić information content (AvgIpc) is 2.73. The van der Waals surface area contributed by atoms with Crippen LogP contribution in [0.2, 0.25) is 0 Å². The molecule has 0 aliphatic heterocycles. The van der Waals surface area contributed by atoms with Gasteiger partial charge in [-0.3, -0.25) is 9.78 Å². The van der Waals surface area contributed by atoms with Crippen LogP contribution in [0.3, 0.4) is 0 Å². The van der Waals surface area contributed by atoms with E-state index in [0.29, 0.717) is 30.1 Å². The molecular weight excluding hydrogens is 356 g/mol. The summed E-state index contributed by atoms with van der Waals surface area (Å²) in [7, 11) is 4.71. The molecule has 0 atom stereocenters. The van der Waals surface area contributed by atoms with Crippen LogP contribution in [0.1, 0.15) is 17.5 Å². The minimum absolute atomic E-state index is 0.0669. The fourth-order valence-electron chi connectivity index (χ4n) is 3.17. The molecule has 0 radical (unpaired) electrons. The van der Waals surface area contributed by atoms with Gasteiger partial charge in [0, 0.05) is 18.0 Å². The van der Waals surface area contributed by atoms with Gasteiger partial charge in [-0.1, -0.05) is 6.07 Å². The lowest BCUT2D eigenvalue weighted by Crippen LogP contribution is -2.13. The van der Waals surface area contributed by atoms with Crippen LogP contribution < -0.4 is 19.5 Å². The molecule has 146 valence electrons. The Morgan fingerprint density at radius 2 is 1.75 bits per heavy atom. The fourth-order valence-corrected chi connectivity index (χ4v) is 3.17. The Kier molecular flexibility index (Phi) is 5.99. The number of carbonyl (C=O) groups is 1. The summed E-state index contributed by atoms with van der Waals surface area (Å²) in [6.07, 6.45) is 2.63. The highest BCUT2D eigenvalue weighted by Crippen LogP contribution is 2.38. The van der Waals surface area contributed by atoms with Crippen LogP contribution in [0.5, 0.6) is 17.2 Å². The molecule has 0 bridgehead atoms. The van der Waals surface area contributed by atoms with Gasteiger partial charge in [0.15, 0.2) is 11.5 Å². The number of benzene rings is 2. The Balaban J connectivity index is 1.74. The van der Waals surface area contributed by atoms with Gasteiger partial charge < -0.3 is 19.5 Å². The molecule has 0 saturated carbocycles. The molecule has 1 amide bonds. The molecule has 6 nitrogen and oxygen atoms in total. The molecule has 1 aromatic heterocycles. The van der Waals surface area contributed by atoms with Crippen molar-refractivity contribution in [2.24, 2.45) is 0 Å². The number of pyridine rings is 1. The molecule has 0 aliphatic carbocycles. The van der Waals surface area contributed by atoms with E-state index in [9.17, 15) is 4.79 Å². The van der Waals surface area contributed by atoms with E-state index in [1.54, 1.807) is 27.5 Å². The number of aromatic nitrogens is 1. The number of amides is 1. The molecule has 0 fully saturated rings. The van der Waals surface area contributed by atoms with Gasteiger partial charge in [0.05, 0.1) is 32.5 Å². The number of ether oxygens (including phenoxy) is 3. The molecule has 3 rings (SSSR count). The number of aryl methyl sites for hydroxylation is 2. The summed E-state index contributed by atoms with van der Waals surface area (Å²) in [6.45, 7) is 2.01. The lowest BCUT2D eigenvalue weighted by atomic mass is 10.1. The van der Waals surface area contributed by atoms with Crippen molar-refractivity contribution >= 4 is 22.5 Å². The Hall–Kier alpha value is -3.28. The van der Waals surface area contributed by atoms with Crippen LogP contribution in [-0.2, 0) is 11.2 Å². The SMILES string of the molecule is COc1cc(CCC(=O)Nc2ccc(C)c3ncccc23)cc(OC)c1OC. The maximum Gasteiger partial charge on any atom is 0.224 e. The molecular formula is C22H24N2O4. The van der Waals surface area contributed by atoms with E-state index in [2.05, 4.69) is 10.3 Å². The van der Waals surface area contributed by atoms with Crippen molar-refractivity contribution in [2.75, 3.05) is 26.6 Å². The summed E-state index contributed by atoms with van der Waals surface area (Å²) in [5, 5.41) is 3.93. The molecule has 0 saturated heterocycles. The van der Waals surface area contributed by atoms with E-state index in [1.165, 1.54) is 0 Å². The van der Waals surface area contributed by atoms with E-state index >= 15 is 0 Å². The fraction of sp³-hybridized carbons (Fsp3) is 0.273. The zero-order chi connectivity index (χ0) is 20.1. The first kappa shape index (κ1) is 19.5. The highest BCUT2D eigenvalue weighted by atomic mass is 16.5. The normalized spacial score (nSPS) is 10.6. The van der Waals surface area contributed by atoms with Crippen LogP contribution in [0, 0.1) is 6.92 Å². The van der Waals surface area contributed by atoms with E-state index in [1.807, 2.05) is 43.3 Å². The molecule has 0 aliphatic rings. The number of hydrogen-bond acceptors (Lipinski definition) is 5. The minimum Gasteiger partial charge on any atom is -0.493 e. The monoisotopic (exact) mass is 380 g/mol. The third-order valence-corrected chi connectivity index (χ3v) is 4.61. The van der Waals surface area contributed by atoms with Crippen molar-refractivity contribution in [3.63, 3.8) is 0 Å². The standard InChI is InChI=1S/C22H24N2O4/c1-14-7-9-17(16-6-5-11-23-21(14)16)24-20(25)10-8-15-12-18(26-2)22(28-4)19(13-15)27-3/h5-7,9,11-13H,8,10H2,1-4H3,(H,24,25). The second-order valence-corrected chi connectivity index (χ2v) is 6.41. The van der Waals surface area contributed by atoms with Crippen molar-refractivity contribution in [3.8, 4) is 17.2 Å². The first-order valence-electron chi connectivity index (χ1n) is 9.00. The Morgan fingerprint density at radius 3 is 2.39 bits per heavy atom. The maximum atomic E-state index is 12.5. The minimum atomic E-state index is -0.0669. The second kappa shape index (κ2) is 8.61. The number of fused-ring (bicyclic) bond motifs is 1. The highest BCUT2D eigenvalue weighted by Gasteiger charge is 2.14. The van der Waals surface area contributed by atoms with Gasteiger partial charge in [-0.15, -0.1) is 0 Å². The summed E-state index contributed by atoms with van der Waals surface area (Å²) >= 11 is 0. The average molecular weight is 380 g/mol. The third kappa shape index (κ3) is 4.01. The lowest BCUT2D eigenvalue weighted by molar-refractivity contribution is -0.116. The number of anilines is 1. The number of nitrogens with one attached hydrogen (secondary N) is 1. The number of methoxy groups -OCH3 is 3. The molecule has 1 heterocycles. The van der Waals surface area contributed by atoms with E-state index in [-0.39, 0.29) is 5.91 Å². The summed E-state index contributed by atoms with van der Waals surface area (Å²) in [6, 6.07) is 11.4. The zero-order valence-electron chi connectivity index (χ0n) is 16.5. The number of rotatable bonds is 7. The molecule has 28 heavy (non-hydrogen) atoms. The zero-order valence-corrected chi connectivity index (χ0v) is 16.5. The van der Waals surface area contributed by atoms with E-state index in [0.717, 1.165) is 27.7 Å². The number of nitrogens with zero attached hydrogens (tertiary/aromatic N) is 1. The smallest absolute Gasteiger partial charge is 0.224 e. The largest absolute Gasteiger partial charge is 0.493 e. The van der Waals surface area contributed by atoms with Crippen molar-refractivity contribution < 1.29 is 19.0 Å². The molecule has 0 unspecified atom stereocenters. The highest BCUT2D eigenvalue weighted by molar-refractivity contribution is 6.01. The van der Waals surface area contributed by atoms with Gasteiger partial charge in [0.25, 0.3) is 0 Å². The Labute approximate surface area is 164 Å². The second-order valence-electron chi connectivity index (χ2n) is 6.41. The van der Waals surface area contributed by atoms with Gasteiger partial charge in [-0.2, -0.15) is 0 Å². The summed E-state index contributed by atoms with van der Waals surface area (Å²) < 4.78 is 16.1. The number of hydrogen-bond donors (Lipinski definition) is 1. The number of carbonyl (C=O) groups excluding carboxylic acids is 1. The van der Waals surface area contributed by atoms with Crippen molar-refractivity contribution in [1.29, 1.82) is 0 Å². The lowest BCUT2D eigenvalue weighted by Gasteiger charge is -2.14. The van der Waals surface area contributed by atoms with Gasteiger partial charge in [-0.25, -0.2) is 0 Å². The Bertz CT molecular complexity index is 976. The van der Waals surface area contributed by atoms with Crippen LogP contribution in [-0.4, -0.2) is 32.2 Å². The first-order valence-corrected chi connectivity index (χ1v) is 9.00. The summed E-state index contributed by atoms with van der Waals surface area (Å²) in [4.78, 5) is 16.9. The van der Waals surface area contributed by atoms with E-state index < -0.39 is 0 Å². The van der Waals surface area contributed by atoms with Crippen molar-refractivity contribution in [1.82, 2.24) is 4.98 Å². The topological polar surface area (TPSA) is 69.7 Å². The van der Waals surface area contributed by atoms with Crippen LogP contribution in [0.15, 0.2) is 42.6 Å². The third-order valence-electron chi connectivity index (χ3n) is 4.61. The van der Waals surface area contributed by atoms with E-state index in [4.69, 9.17) is 14.2 Å². The van der Waals surface area contributed by atoms with Gasteiger partial charge in [0.2, 0.25) is 11.7 Å². The molecule has 3 aromatic rings. The Morgan fingerprint density at radius 1 is 1.04 bits per heavy atom. The predicted molar refractivity (Wildman–Crippen MR) is 110 cm³/mol. The van der Waals surface area contributed by atoms with Crippen molar-refractivity contribution in [3.05, 3.63) is 53.7 Å². The van der Waals surface area contributed by atoms with Gasteiger partial charge >= 0.3 is 0 Å². The first-order chi connectivity index (χ1) is 13.6. The van der Waals surface area contributed by atoms with Gasteiger partial charge in [0.1, 0.15) is 0 Å². The van der Waals surface area contributed by atoms with Crippen LogP contribution in [0.4, 0.5) is 5.69 Å². The molecule has 0 spiro atoms. The summed E-state index contributed by atoms with van der Waals surface area (Å²) in [5.41, 5.74) is 3.67. The van der Waals surface area contributed by atoms with Crippen LogP contribution >= 0.6 is 0 Å². The predicted octanol–water partition coefficient (Wildman–Crippen LogP) is 4.14. The molecule has 1 N–H and O–H groups in total. The quantitative estimate of drug-likeness (QED) is 0.667. The van der Waals surface area contributed by atoms with Crippen molar-refractivity contribution in [2.45, 2.75) is 19.8 Å². The molecule has 2 aromatic carbocycles. The summed E-state index contributed by atoms with van der Waals surface area (Å²) in [5.74, 6) is 1.63. The molecule has 6 heteroatoms. The van der Waals surface area contributed by atoms with Gasteiger partial charge in [-0.05, 0) is 54.8 Å².